The molecule has 1 heterocycles. The molecule has 0 radical (unpaired) electrons. The van der Waals surface area contributed by atoms with Crippen LogP contribution >= 0.6 is 0 Å². The van der Waals surface area contributed by atoms with Gasteiger partial charge in [-0.1, -0.05) is 29.8 Å². The number of hydrogen-bond acceptors (Lipinski definition) is 4. The van der Waals surface area contributed by atoms with E-state index in [-0.39, 0.29) is 17.9 Å². The molecule has 6 nitrogen and oxygen atoms in total. The van der Waals surface area contributed by atoms with Crippen molar-refractivity contribution < 1.29 is 9.53 Å². The quantitative estimate of drug-likeness (QED) is 0.640. The van der Waals surface area contributed by atoms with Crippen molar-refractivity contribution in [2.45, 2.75) is 19.8 Å². The van der Waals surface area contributed by atoms with E-state index >= 15 is 0 Å². The molecule has 3 rings (SSSR count). The smallest absolute Gasteiger partial charge is 0.258 e. The van der Waals surface area contributed by atoms with Gasteiger partial charge in [0.15, 0.2) is 0 Å². The van der Waals surface area contributed by atoms with Crippen molar-refractivity contribution in [2.75, 3.05) is 13.2 Å². The van der Waals surface area contributed by atoms with Gasteiger partial charge in [-0.25, -0.2) is 4.98 Å². The van der Waals surface area contributed by atoms with Gasteiger partial charge in [-0.3, -0.25) is 9.59 Å². The van der Waals surface area contributed by atoms with Crippen LogP contribution in [0.2, 0.25) is 0 Å². The van der Waals surface area contributed by atoms with Gasteiger partial charge in [0.25, 0.3) is 5.56 Å². The molecule has 0 aliphatic carbocycles. The number of amides is 1. The number of nitrogens with one attached hydrogen (secondary N) is 2. The predicted molar refractivity (Wildman–Crippen MR) is 100 cm³/mol. The lowest BCUT2D eigenvalue weighted by molar-refractivity contribution is -0.121. The molecule has 1 aromatic heterocycles. The second-order valence-corrected chi connectivity index (χ2v) is 6.04. The number of aromatic amines is 1. The van der Waals surface area contributed by atoms with Gasteiger partial charge in [-0.15, -0.1) is 0 Å². The molecule has 0 unspecified atom stereocenters. The average Bonchev–Trinajstić information content (AvgIpc) is 2.65. The number of aryl methyl sites for hydroxylation is 2. The Balaban J connectivity index is 1.44. The molecule has 2 aromatic carbocycles. The van der Waals surface area contributed by atoms with Gasteiger partial charge in [0, 0.05) is 12.8 Å². The molecule has 3 aromatic rings. The Kier molecular flexibility index (Phi) is 5.63. The highest BCUT2D eigenvalue weighted by Crippen LogP contribution is 2.10. The first-order valence-corrected chi connectivity index (χ1v) is 8.56. The summed E-state index contributed by atoms with van der Waals surface area (Å²) < 4.78 is 5.56. The highest BCUT2D eigenvalue weighted by atomic mass is 16.5. The van der Waals surface area contributed by atoms with Crippen LogP contribution in [-0.2, 0) is 11.2 Å². The maximum absolute atomic E-state index is 12.0. The minimum Gasteiger partial charge on any atom is -0.492 e. The molecular weight excluding hydrogens is 330 g/mol. The van der Waals surface area contributed by atoms with Gasteiger partial charge in [0.05, 0.1) is 17.4 Å². The van der Waals surface area contributed by atoms with E-state index in [1.54, 1.807) is 18.2 Å². The van der Waals surface area contributed by atoms with Crippen LogP contribution in [0.25, 0.3) is 10.9 Å². The molecule has 0 aliphatic rings. The summed E-state index contributed by atoms with van der Waals surface area (Å²) in [6.45, 7) is 2.84. The third-order valence-electron chi connectivity index (χ3n) is 3.96. The van der Waals surface area contributed by atoms with Crippen molar-refractivity contribution >= 4 is 16.8 Å². The zero-order valence-electron chi connectivity index (χ0n) is 14.6. The number of carbonyl (C=O) groups excluding carboxylic acids is 1. The van der Waals surface area contributed by atoms with Gasteiger partial charge in [0.1, 0.15) is 18.2 Å². The Morgan fingerprint density at radius 3 is 2.73 bits per heavy atom. The third-order valence-corrected chi connectivity index (χ3v) is 3.96. The van der Waals surface area contributed by atoms with E-state index < -0.39 is 0 Å². The highest BCUT2D eigenvalue weighted by Gasteiger charge is 2.06. The second-order valence-electron chi connectivity index (χ2n) is 6.04. The summed E-state index contributed by atoms with van der Waals surface area (Å²) in [5.41, 5.74) is 1.63. The normalized spacial score (nSPS) is 10.7. The van der Waals surface area contributed by atoms with Crippen molar-refractivity contribution in [1.29, 1.82) is 0 Å². The fraction of sp³-hybridized carbons (Fsp3) is 0.250. The van der Waals surface area contributed by atoms with E-state index in [0.717, 1.165) is 5.75 Å². The Labute approximate surface area is 151 Å². The van der Waals surface area contributed by atoms with Crippen LogP contribution in [0.15, 0.2) is 53.3 Å². The lowest BCUT2D eigenvalue weighted by Crippen LogP contribution is -2.28. The van der Waals surface area contributed by atoms with Gasteiger partial charge >= 0.3 is 0 Å². The van der Waals surface area contributed by atoms with Crippen LogP contribution in [0.4, 0.5) is 0 Å². The SMILES string of the molecule is Cc1ccc(OCCNC(=O)CCc2nc3ccccc3c(=O)[nH]2)cc1. The van der Waals surface area contributed by atoms with Crippen LogP contribution in [0.1, 0.15) is 17.8 Å². The molecular formula is C20H21N3O3. The largest absolute Gasteiger partial charge is 0.492 e. The maximum Gasteiger partial charge on any atom is 0.258 e. The molecule has 0 saturated heterocycles. The highest BCUT2D eigenvalue weighted by molar-refractivity contribution is 5.78. The third kappa shape index (κ3) is 4.69. The van der Waals surface area contributed by atoms with E-state index in [1.165, 1.54) is 5.56 Å². The van der Waals surface area contributed by atoms with E-state index in [1.807, 2.05) is 37.3 Å². The Morgan fingerprint density at radius 2 is 1.92 bits per heavy atom. The number of fused-ring (bicyclic) bond motifs is 1. The number of aromatic nitrogens is 2. The zero-order valence-corrected chi connectivity index (χ0v) is 14.6. The number of ether oxygens (including phenoxy) is 1. The van der Waals surface area contributed by atoms with E-state index in [4.69, 9.17) is 4.74 Å². The average molecular weight is 351 g/mol. The van der Waals surface area contributed by atoms with Gasteiger partial charge in [-0.05, 0) is 31.2 Å². The second kappa shape index (κ2) is 8.29. The monoisotopic (exact) mass is 351 g/mol. The van der Waals surface area contributed by atoms with Crippen molar-refractivity contribution in [1.82, 2.24) is 15.3 Å². The first-order chi connectivity index (χ1) is 12.6. The van der Waals surface area contributed by atoms with E-state index in [0.29, 0.717) is 36.3 Å². The first-order valence-electron chi connectivity index (χ1n) is 8.56. The minimum absolute atomic E-state index is 0.103. The molecule has 134 valence electrons. The summed E-state index contributed by atoms with van der Waals surface area (Å²) in [5, 5.41) is 3.35. The zero-order chi connectivity index (χ0) is 18.4. The number of rotatable bonds is 7. The maximum atomic E-state index is 12.0. The van der Waals surface area contributed by atoms with Gasteiger partial charge < -0.3 is 15.0 Å². The topological polar surface area (TPSA) is 84.1 Å². The van der Waals surface area contributed by atoms with Crippen molar-refractivity contribution in [3.63, 3.8) is 0 Å². The molecule has 0 atom stereocenters. The van der Waals surface area contributed by atoms with Crippen LogP contribution in [-0.4, -0.2) is 29.0 Å². The van der Waals surface area contributed by atoms with Crippen LogP contribution in [0.3, 0.4) is 0 Å². The summed E-state index contributed by atoms with van der Waals surface area (Å²) in [4.78, 5) is 31.1. The van der Waals surface area contributed by atoms with Crippen LogP contribution in [0.5, 0.6) is 5.75 Å². The molecule has 0 fully saturated rings. The molecule has 2 N–H and O–H groups in total. The molecule has 1 amide bonds. The molecule has 0 saturated carbocycles. The van der Waals surface area contributed by atoms with Gasteiger partial charge in [-0.2, -0.15) is 0 Å². The minimum atomic E-state index is -0.183. The summed E-state index contributed by atoms with van der Waals surface area (Å²) in [6, 6.07) is 14.9. The van der Waals surface area contributed by atoms with Crippen LogP contribution in [0, 0.1) is 6.92 Å². The summed E-state index contributed by atoms with van der Waals surface area (Å²) >= 11 is 0. The van der Waals surface area contributed by atoms with E-state index in [9.17, 15) is 9.59 Å². The summed E-state index contributed by atoms with van der Waals surface area (Å²) in [7, 11) is 0. The van der Waals surface area contributed by atoms with Crippen molar-refractivity contribution in [3.8, 4) is 5.75 Å². The Bertz CT molecular complexity index is 948. The number of carbonyl (C=O) groups is 1. The molecule has 0 aliphatic heterocycles. The summed E-state index contributed by atoms with van der Waals surface area (Å²) in [5.74, 6) is 1.19. The number of H-pyrrole nitrogens is 1. The summed E-state index contributed by atoms with van der Waals surface area (Å²) in [6.07, 6.45) is 0.635. The number of benzene rings is 2. The Morgan fingerprint density at radius 1 is 1.15 bits per heavy atom. The van der Waals surface area contributed by atoms with Crippen LogP contribution < -0.4 is 15.6 Å². The Hall–Kier alpha value is -3.15. The molecule has 0 bridgehead atoms. The molecule has 0 spiro atoms. The fourth-order valence-corrected chi connectivity index (χ4v) is 2.57. The molecule has 26 heavy (non-hydrogen) atoms. The lowest BCUT2D eigenvalue weighted by atomic mass is 10.2. The fourth-order valence-electron chi connectivity index (χ4n) is 2.57. The standard InChI is InChI=1S/C20H21N3O3/c1-14-6-8-15(9-7-14)26-13-12-21-19(24)11-10-18-22-17-5-3-2-4-16(17)20(25)23-18/h2-9H,10-13H2,1H3,(H,21,24)(H,22,23,25). The number of hydrogen-bond donors (Lipinski definition) is 2. The van der Waals surface area contributed by atoms with Crippen molar-refractivity contribution in [3.05, 3.63) is 70.3 Å². The lowest BCUT2D eigenvalue weighted by Gasteiger charge is -2.08. The molecule has 6 heteroatoms. The number of nitrogens with zero attached hydrogens (tertiary/aromatic N) is 1. The first kappa shape index (κ1) is 17.7. The van der Waals surface area contributed by atoms with Crippen molar-refractivity contribution in [2.24, 2.45) is 0 Å². The number of para-hydroxylation sites is 1. The van der Waals surface area contributed by atoms with Gasteiger partial charge in [0.2, 0.25) is 5.91 Å². The van der Waals surface area contributed by atoms with E-state index in [2.05, 4.69) is 15.3 Å². The predicted octanol–water partition coefficient (Wildman–Crippen LogP) is 2.36.